The summed E-state index contributed by atoms with van der Waals surface area (Å²) in [5.74, 6) is 0. The van der Waals surface area contributed by atoms with E-state index in [-0.39, 0.29) is 5.41 Å². The lowest BCUT2D eigenvalue weighted by molar-refractivity contribution is 0.310. The van der Waals surface area contributed by atoms with Crippen molar-refractivity contribution in [2.75, 3.05) is 6.54 Å². The minimum atomic E-state index is -1.01. The fourth-order valence-corrected chi connectivity index (χ4v) is 1.44. The number of nitrogens with zero attached hydrogens (tertiary/aromatic N) is 2. The predicted octanol–water partition coefficient (Wildman–Crippen LogP) is 2.08. The molecule has 1 rings (SSSR count). The maximum absolute atomic E-state index is 13.7. The Labute approximate surface area is 90.5 Å². The van der Waals surface area contributed by atoms with Gasteiger partial charge in [0.05, 0.1) is 11.4 Å². The number of aromatic nitrogens is 2. The molecule has 0 saturated carbocycles. The molecule has 0 aromatic carbocycles. The van der Waals surface area contributed by atoms with Gasteiger partial charge in [-0.25, -0.2) is 4.39 Å². The Kier molecular flexibility index (Phi) is 3.50. The Hall–Kier alpha value is -0.900. The summed E-state index contributed by atoms with van der Waals surface area (Å²) in [5, 5.41) is 4.32. The molecule has 0 spiro atoms. The van der Waals surface area contributed by atoms with Gasteiger partial charge in [-0.1, -0.05) is 20.8 Å². The maximum atomic E-state index is 13.7. The average Bonchev–Trinajstić information content (AvgIpc) is 2.47. The number of nitrogens with two attached hydrogens (primary N) is 1. The minimum absolute atomic E-state index is 0.0432. The van der Waals surface area contributed by atoms with E-state index in [9.17, 15) is 4.39 Å². The van der Waals surface area contributed by atoms with Crippen LogP contribution in [0.3, 0.4) is 0 Å². The van der Waals surface area contributed by atoms with Crippen molar-refractivity contribution in [2.24, 2.45) is 12.8 Å². The van der Waals surface area contributed by atoms with Crippen LogP contribution >= 0.6 is 0 Å². The first kappa shape index (κ1) is 12.2. The van der Waals surface area contributed by atoms with Crippen molar-refractivity contribution in [3.8, 4) is 0 Å². The first-order chi connectivity index (χ1) is 6.86. The summed E-state index contributed by atoms with van der Waals surface area (Å²) in [6.07, 6.45) is -0.660. The summed E-state index contributed by atoms with van der Waals surface area (Å²) in [5.41, 5.74) is 6.83. The molecular formula is C11H20FN3. The van der Waals surface area contributed by atoms with E-state index in [0.29, 0.717) is 18.7 Å². The summed E-state index contributed by atoms with van der Waals surface area (Å²) in [4.78, 5) is 0. The zero-order valence-corrected chi connectivity index (χ0v) is 9.92. The van der Waals surface area contributed by atoms with E-state index in [1.165, 1.54) is 0 Å². The van der Waals surface area contributed by atoms with Crippen LogP contribution in [0, 0.1) is 0 Å². The normalized spacial score (nSPS) is 14.3. The largest absolute Gasteiger partial charge is 0.330 e. The molecule has 1 heterocycles. The van der Waals surface area contributed by atoms with Crippen LogP contribution in [0.4, 0.5) is 4.39 Å². The van der Waals surface area contributed by atoms with E-state index in [1.807, 2.05) is 6.07 Å². The van der Waals surface area contributed by atoms with Gasteiger partial charge >= 0.3 is 0 Å². The Morgan fingerprint density at radius 3 is 2.53 bits per heavy atom. The number of aryl methyl sites for hydroxylation is 1. The third-order valence-corrected chi connectivity index (χ3v) is 2.43. The minimum Gasteiger partial charge on any atom is -0.330 e. The monoisotopic (exact) mass is 213 g/mol. The molecule has 3 nitrogen and oxygen atoms in total. The van der Waals surface area contributed by atoms with Gasteiger partial charge in [-0.05, 0) is 19.0 Å². The van der Waals surface area contributed by atoms with E-state index in [1.54, 1.807) is 11.7 Å². The Morgan fingerprint density at radius 2 is 2.13 bits per heavy atom. The van der Waals surface area contributed by atoms with Gasteiger partial charge < -0.3 is 5.73 Å². The fourth-order valence-electron chi connectivity index (χ4n) is 1.44. The first-order valence-electron chi connectivity index (χ1n) is 5.25. The van der Waals surface area contributed by atoms with Gasteiger partial charge in [0.15, 0.2) is 0 Å². The molecule has 0 aliphatic heterocycles. The van der Waals surface area contributed by atoms with Crippen LogP contribution < -0.4 is 5.73 Å². The van der Waals surface area contributed by atoms with Crippen LogP contribution in [-0.2, 0) is 12.5 Å². The SMILES string of the molecule is Cn1nc(C(C)(C)C)cc1C(F)CCN. The summed E-state index contributed by atoms with van der Waals surface area (Å²) in [6.45, 7) is 6.55. The lowest BCUT2D eigenvalue weighted by Crippen LogP contribution is -2.12. The van der Waals surface area contributed by atoms with Crippen molar-refractivity contribution >= 4 is 0 Å². The lowest BCUT2D eigenvalue weighted by atomic mass is 9.92. The first-order valence-corrected chi connectivity index (χ1v) is 5.25. The van der Waals surface area contributed by atoms with E-state index in [4.69, 9.17) is 5.73 Å². The topological polar surface area (TPSA) is 43.8 Å². The summed E-state index contributed by atoms with van der Waals surface area (Å²) < 4.78 is 15.3. The molecular weight excluding hydrogens is 193 g/mol. The van der Waals surface area contributed by atoms with Crippen LogP contribution in [0.5, 0.6) is 0 Å². The Bertz CT molecular complexity index is 325. The van der Waals surface area contributed by atoms with Crippen molar-refractivity contribution < 1.29 is 4.39 Å². The van der Waals surface area contributed by atoms with E-state index < -0.39 is 6.17 Å². The van der Waals surface area contributed by atoms with Crippen LogP contribution in [0.25, 0.3) is 0 Å². The van der Waals surface area contributed by atoms with Gasteiger partial charge in [-0.3, -0.25) is 4.68 Å². The molecule has 0 fully saturated rings. The number of hydrogen-bond donors (Lipinski definition) is 1. The molecule has 4 heteroatoms. The van der Waals surface area contributed by atoms with E-state index in [2.05, 4.69) is 25.9 Å². The number of halogens is 1. The summed E-state index contributed by atoms with van der Waals surface area (Å²) in [7, 11) is 1.77. The fraction of sp³-hybridized carbons (Fsp3) is 0.727. The molecule has 1 atom stereocenters. The highest BCUT2D eigenvalue weighted by molar-refractivity contribution is 5.19. The molecule has 0 radical (unpaired) electrons. The highest BCUT2D eigenvalue weighted by Crippen LogP contribution is 2.26. The van der Waals surface area contributed by atoms with Crippen molar-refractivity contribution in [3.63, 3.8) is 0 Å². The van der Waals surface area contributed by atoms with Gasteiger partial charge in [-0.15, -0.1) is 0 Å². The molecule has 0 amide bonds. The lowest BCUT2D eigenvalue weighted by Gasteiger charge is -2.13. The second-order valence-electron chi connectivity index (χ2n) is 4.87. The molecule has 0 bridgehead atoms. The molecule has 86 valence electrons. The molecule has 1 unspecified atom stereocenters. The number of rotatable bonds is 3. The number of hydrogen-bond acceptors (Lipinski definition) is 2. The number of alkyl halides is 1. The molecule has 1 aromatic heterocycles. The summed E-state index contributed by atoms with van der Waals surface area (Å²) >= 11 is 0. The predicted molar refractivity (Wildman–Crippen MR) is 59.4 cm³/mol. The van der Waals surface area contributed by atoms with Gasteiger partial charge in [0, 0.05) is 12.5 Å². The van der Waals surface area contributed by atoms with Crippen LogP contribution in [-0.4, -0.2) is 16.3 Å². The van der Waals surface area contributed by atoms with Crippen molar-refractivity contribution in [1.82, 2.24) is 9.78 Å². The van der Waals surface area contributed by atoms with Crippen LogP contribution in [0.1, 0.15) is 44.8 Å². The van der Waals surface area contributed by atoms with Crippen LogP contribution in [0.2, 0.25) is 0 Å². The van der Waals surface area contributed by atoms with Crippen molar-refractivity contribution in [2.45, 2.75) is 38.8 Å². The smallest absolute Gasteiger partial charge is 0.143 e. The molecule has 2 N–H and O–H groups in total. The standard InChI is InChI=1S/C11H20FN3/c1-11(2,3)10-7-9(15(4)14-10)8(12)5-6-13/h7-8H,5-6,13H2,1-4H3. The second kappa shape index (κ2) is 4.31. The zero-order chi connectivity index (χ0) is 11.6. The molecule has 1 aromatic rings. The highest BCUT2D eigenvalue weighted by atomic mass is 19.1. The Morgan fingerprint density at radius 1 is 1.53 bits per heavy atom. The van der Waals surface area contributed by atoms with Crippen molar-refractivity contribution in [3.05, 3.63) is 17.5 Å². The van der Waals surface area contributed by atoms with Gasteiger partial charge in [0.25, 0.3) is 0 Å². The molecule has 0 aliphatic carbocycles. The zero-order valence-electron chi connectivity index (χ0n) is 9.92. The van der Waals surface area contributed by atoms with Gasteiger partial charge in [0.2, 0.25) is 0 Å². The average molecular weight is 213 g/mol. The van der Waals surface area contributed by atoms with Gasteiger partial charge in [0.1, 0.15) is 6.17 Å². The molecule has 15 heavy (non-hydrogen) atoms. The van der Waals surface area contributed by atoms with E-state index >= 15 is 0 Å². The molecule has 0 saturated heterocycles. The highest BCUT2D eigenvalue weighted by Gasteiger charge is 2.22. The quantitative estimate of drug-likeness (QED) is 0.835. The molecule has 0 aliphatic rings. The maximum Gasteiger partial charge on any atom is 0.143 e. The van der Waals surface area contributed by atoms with E-state index in [0.717, 1.165) is 5.69 Å². The summed E-state index contributed by atoms with van der Waals surface area (Å²) in [6, 6.07) is 1.83. The Balaban J connectivity index is 2.96. The van der Waals surface area contributed by atoms with Crippen molar-refractivity contribution in [1.29, 1.82) is 0 Å². The third-order valence-electron chi connectivity index (χ3n) is 2.43. The second-order valence-corrected chi connectivity index (χ2v) is 4.87. The van der Waals surface area contributed by atoms with Gasteiger partial charge in [-0.2, -0.15) is 5.10 Å². The third kappa shape index (κ3) is 2.78. The van der Waals surface area contributed by atoms with Crippen LogP contribution in [0.15, 0.2) is 6.07 Å².